The van der Waals surface area contributed by atoms with Crippen LogP contribution in [0.1, 0.15) is 69.4 Å². The van der Waals surface area contributed by atoms with Crippen LogP contribution in [0.5, 0.6) is 0 Å². The number of rotatable bonds is 12. The van der Waals surface area contributed by atoms with Crippen molar-refractivity contribution >= 4 is 17.8 Å². The first-order chi connectivity index (χ1) is 19.5. The summed E-state index contributed by atoms with van der Waals surface area (Å²) in [4.78, 5) is 45.9. The van der Waals surface area contributed by atoms with E-state index in [1.165, 1.54) is 0 Å². The molecule has 1 aliphatic carbocycles. The van der Waals surface area contributed by atoms with E-state index in [4.69, 9.17) is 9.47 Å². The summed E-state index contributed by atoms with van der Waals surface area (Å²) in [7, 11) is 0. The van der Waals surface area contributed by atoms with Crippen molar-refractivity contribution in [2.45, 2.75) is 87.6 Å². The van der Waals surface area contributed by atoms with Crippen LogP contribution in [0.15, 0.2) is 55.6 Å². The van der Waals surface area contributed by atoms with Gasteiger partial charge in [0.1, 0.15) is 11.6 Å². The van der Waals surface area contributed by atoms with Gasteiger partial charge in [-0.3, -0.25) is 14.4 Å². The molecule has 3 heterocycles. The van der Waals surface area contributed by atoms with Crippen LogP contribution >= 0.6 is 0 Å². The minimum atomic E-state index is -1.14. The van der Waals surface area contributed by atoms with Crippen molar-refractivity contribution in [2.24, 2.45) is 11.8 Å². The monoisotopic (exact) mass is 550 g/mol. The predicted molar refractivity (Wildman–Crippen MR) is 150 cm³/mol. The number of unbranched alkanes of at least 4 members (excludes halogenated alkanes) is 1. The van der Waals surface area contributed by atoms with E-state index in [2.05, 4.69) is 13.2 Å². The number of amides is 2. The fraction of sp³-hybridized carbons (Fsp3) is 0.594. The van der Waals surface area contributed by atoms with Crippen LogP contribution in [0.25, 0.3) is 0 Å². The number of hydrogen-bond donors (Lipinski definition) is 1. The summed E-state index contributed by atoms with van der Waals surface area (Å²) in [5, 5.41) is 10.6. The smallest absolute Gasteiger partial charge is 0.312 e. The number of hydrogen-bond acceptors (Lipinski definition) is 6. The van der Waals surface area contributed by atoms with Gasteiger partial charge in [-0.15, -0.1) is 13.2 Å². The van der Waals surface area contributed by atoms with Gasteiger partial charge < -0.3 is 24.4 Å². The number of fused-ring (bicyclic) bond motifs is 1. The van der Waals surface area contributed by atoms with Crippen molar-refractivity contribution in [3.63, 3.8) is 0 Å². The first kappa shape index (κ1) is 28.6. The molecule has 5 rings (SSSR count). The van der Waals surface area contributed by atoms with E-state index < -0.39 is 41.6 Å². The number of allylic oxidation sites excluding steroid dienone is 1. The lowest BCUT2D eigenvalue weighted by Crippen LogP contribution is -2.59. The Labute approximate surface area is 237 Å². The van der Waals surface area contributed by atoms with Gasteiger partial charge in [-0.25, -0.2) is 0 Å². The third kappa shape index (κ3) is 4.90. The van der Waals surface area contributed by atoms with Gasteiger partial charge >= 0.3 is 5.97 Å². The van der Waals surface area contributed by atoms with Gasteiger partial charge in [0.15, 0.2) is 0 Å². The van der Waals surface area contributed by atoms with Crippen molar-refractivity contribution in [2.75, 3.05) is 19.8 Å². The molecule has 216 valence electrons. The Kier molecular flexibility index (Phi) is 8.76. The number of aliphatic hydroxyl groups is 1. The molecule has 3 aliphatic heterocycles. The normalized spacial score (nSPS) is 30.1. The zero-order valence-corrected chi connectivity index (χ0v) is 23.3. The lowest BCUT2D eigenvalue weighted by molar-refractivity contribution is -0.157. The molecule has 0 aromatic heterocycles. The molecular weight excluding hydrogens is 508 g/mol. The average molecular weight is 551 g/mol. The van der Waals surface area contributed by atoms with Crippen molar-refractivity contribution in [1.29, 1.82) is 0 Å². The molecule has 1 saturated carbocycles. The molecule has 8 nitrogen and oxygen atoms in total. The fourth-order valence-electron chi connectivity index (χ4n) is 7.61. The van der Waals surface area contributed by atoms with Crippen molar-refractivity contribution < 1.29 is 29.0 Å². The van der Waals surface area contributed by atoms with E-state index in [-0.39, 0.29) is 31.1 Å². The molecule has 40 heavy (non-hydrogen) atoms. The molecule has 0 radical (unpaired) electrons. The average Bonchev–Trinajstić information content (AvgIpc) is 3.63. The lowest BCUT2D eigenvalue weighted by atomic mass is 9.70. The summed E-state index contributed by atoms with van der Waals surface area (Å²) < 4.78 is 12.2. The Morgan fingerprint density at radius 1 is 1.15 bits per heavy atom. The second-order valence-electron chi connectivity index (χ2n) is 11.6. The molecule has 1 N–H and O–H groups in total. The number of carbonyl (C=O) groups excluding carboxylic acids is 3. The number of nitrogens with zero attached hydrogens (tertiary/aromatic N) is 2. The maximum atomic E-state index is 14.7. The molecule has 2 unspecified atom stereocenters. The van der Waals surface area contributed by atoms with Crippen molar-refractivity contribution in [3.05, 3.63) is 61.2 Å². The highest BCUT2D eigenvalue weighted by Crippen LogP contribution is 2.60. The maximum absolute atomic E-state index is 14.7. The number of esters is 1. The first-order valence-electron chi connectivity index (χ1n) is 14.8. The van der Waals surface area contributed by atoms with Gasteiger partial charge in [0.05, 0.1) is 37.2 Å². The molecule has 6 atom stereocenters. The van der Waals surface area contributed by atoms with Gasteiger partial charge in [-0.1, -0.05) is 61.7 Å². The van der Waals surface area contributed by atoms with E-state index in [1.807, 2.05) is 35.2 Å². The number of likely N-dealkylation sites (tertiary alicyclic amines) is 1. The molecule has 4 fully saturated rings. The molecule has 3 saturated heterocycles. The van der Waals surface area contributed by atoms with E-state index in [1.54, 1.807) is 17.1 Å². The lowest BCUT2D eigenvalue weighted by Gasteiger charge is -2.42. The minimum Gasteiger partial charge on any atom is -0.465 e. The zero-order chi connectivity index (χ0) is 28.3. The van der Waals surface area contributed by atoms with E-state index in [0.29, 0.717) is 25.8 Å². The second kappa shape index (κ2) is 12.3. The third-order valence-corrected chi connectivity index (χ3v) is 9.36. The Balaban J connectivity index is 1.54. The number of aliphatic hydroxyl groups excluding tert-OH is 1. The molecule has 1 spiro atoms. The van der Waals surface area contributed by atoms with Gasteiger partial charge in [-0.2, -0.15) is 0 Å². The third-order valence-electron chi connectivity index (χ3n) is 9.36. The van der Waals surface area contributed by atoms with Crippen LogP contribution in [-0.4, -0.2) is 76.2 Å². The van der Waals surface area contributed by atoms with Crippen LogP contribution < -0.4 is 0 Å². The SMILES string of the molecule is C=CCCCOC(=O)[C@@H]1[C@@H]2CCC3(O2)C(C(=O)N(CC=C)C2CCCCC2)N([C@H](CO)c2ccccc2)C(=O)[C@H]13. The summed E-state index contributed by atoms with van der Waals surface area (Å²) >= 11 is 0. The summed E-state index contributed by atoms with van der Waals surface area (Å²) in [6.07, 6.45) is 10.6. The first-order valence-corrected chi connectivity index (χ1v) is 14.8. The number of carbonyl (C=O) groups is 3. The maximum Gasteiger partial charge on any atom is 0.312 e. The molecule has 1 aromatic carbocycles. The van der Waals surface area contributed by atoms with Gasteiger partial charge in [-0.05, 0) is 44.1 Å². The summed E-state index contributed by atoms with van der Waals surface area (Å²) in [6.45, 7) is 7.88. The second-order valence-corrected chi connectivity index (χ2v) is 11.6. The Hall–Kier alpha value is -2.97. The van der Waals surface area contributed by atoms with E-state index in [0.717, 1.165) is 44.1 Å². The Bertz CT molecular complexity index is 1100. The Morgan fingerprint density at radius 3 is 2.58 bits per heavy atom. The number of benzene rings is 1. The minimum absolute atomic E-state index is 0.0557. The van der Waals surface area contributed by atoms with Crippen molar-refractivity contribution in [1.82, 2.24) is 9.80 Å². The quantitative estimate of drug-likeness (QED) is 0.241. The highest BCUT2D eigenvalue weighted by molar-refractivity contribution is 5.98. The zero-order valence-electron chi connectivity index (χ0n) is 23.3. The highest BCUT2D eigenvalue weighted by Gasteiger charge is 2.75. The van der Waals surface area contributed by atoms with Crippen LogP contribution in [0.2, 0.25) is 0 Å². The molecular formula is C32H42N2O6. The number of ether oxygens (including phenoxy) is 2. The van der Waals surface area contributed by atoms with E-state index >= 15 is 0 Å². The van der Waals surface area contributed by atoms with Crippen LogP contribution in [0, 0.1) is 11.8 Å². The van der Waals surface area contributed by atoms with Crippen LogP contribution in [-0.2, 0) is 23.9 Å². The molecule has 2 bridgehead atoms. The summed E-state index contributed by atoms with van der Waals surface area (Å²) in [5.74, 6) is -2.56. The highest BCUT2D eigenvalue weighted by atomic mass is 16.6. The largest absolute Gasteiger partial charge is 0.465 e. The summed E-state index contributed by atoms with van der Waals surface area (Å²) in [5.41, 5.74) is -0.404. The molecule has 8 heteroatoms. The Morgan fingerprint density at radius 2 is 1.90 bits per heavy atom. The van der Waals surface area contributed by atoms with Gasteiger partial charge in [0.25, 0.3) is 0 Å². The van der Waals surface area contributed by atoms with E-state index in [9.17, 15) is 19.5 Å². The molecule has 2 amide bonds. The fourth-order valence-corrected chi connectivity index (χ4v) is 7.61. The van der Waals surface area contributed by atoms with Gasteiger partial charge in [0.2, 0.25) is 11.8 Å². The summed E-state index contributed by atoms with van der Waals surface area (Å²) in [6, 6.07) is 7.65. The standard InChI is InChI=1S/C32H42N2O6/c1-3-5-12-20-39-31(38)26-25-17-18-32(40-25)27(26)29(36)34(24(21-35)22-13-8-6-9-14-22)28(32)30(37)33(19-4-2)23-15-10-7-11-16-23/h3-4,6,8-9,13-14,23-28,35H,1-2,5,7,10-12,15-21H2/t24-,25+,26-,27+,28?,32?/m1/s1. The molecule has 1 aromatic rings. The van der Waals surface area contributed by atoms with Crippen LogP contribution in [0.3, 0.4) is 0 Å². The topological polar surface area (TPSA) is 96.4 Å². The van der Waals surface area contributed by atoms with Gasteiger partial charge in [0, 0.05) is 12.6 Å². The van der Waals surface area contributed by atoms with Crippen molar-refractivity contribution in [3.8, 4) is 0 Å². The van der Waals surface area contributed by atoms with Crippen LogP contribution in [0.4, 0.5) is 0 Å². The molecule has 4 aliphatic rings. The predicted octanol–water partition coefficient (Wildman–Crippen LogP) is 3.95.